The van der Waals surface area contributed by atoms with E-state index in [1.807, 2.05) is 25.1 Å². The molecule has 1 amide bonds. The molecule has 2 aromatic rings. The first-order valence-corrected chi connectivity index (χ1v) is 10.3. The second-order valence-corrected chi connectivity index (χ2v) is 7.35. The number of amides is 1. The highest BCUT2D eigenvalue weighted by Gasteiger charge is 2.10. The Morgan fingerprint density at radius 2 is 1.93 bits per heavy atom. The van der Waals surface area contributed by atoms with Gasteiger partial charge in [0, 0.05) is 18.8 Å². The molecule has 1 aliphatic carbocycles. The monoisotopic (exact) mass is 378 g/mol. The van der Waals surface area contributed by atoms with E-state index in [1.165, 1.54) is 36.8 Å². The van der Waals surface area contributed by atoms with Crippen molar-refractivity contribution in [1.82, 2.24) is 15.3 Å². The Balaban J connectivity index is 1.46. The zero-order valence-electron chi connectivity index (χ0n) is 16.7. The number of hydrogen-bond acceptors (Lipinski definition) is 4. The predicted molar refractivity (Wildman–Crippen MR) is 114 cm³/mol. The summed E-state index contributed by atoms with van der Waals surface area (Å²) in [5.41, 5.74) is 4.02. The SMILES string of the molecule is Cc1cc(C(=O)NCCCc2ccccc2)nc(NCCC2=CCCCC2)n1. The molecule has 1 aromatic heterocycles. The number of allylic oxidation sites excluding steroid dienone is 1. The topological polar surface area (TPSA) is 66.9 Å². The van der Waals surface area contributed by atoms with Gasteiger partial charge in [-0.3, -0.25) is 4.79 Å². The third-order valence-electron chi connectivity index (χ3n) is 4.97. The number of benzene rings is 1. The minimum absolute atomic E-state index is 0.142. The van der Waals surface area contributed by atoms with Crippen LogP contribution in [0.5, 0.6) is 0 Å². The van der Waals surface area contributed by atoms with Gasteiger partial charge in [0.15, 0.2) is 0 Å². The molecule has 0 saturated carbocycles. The van der Waals surface area contributed by atoms with Crippen LogP contribution < -0.4 is 10.6 Å². The number of nitrogens with one attached hydrogen (secondary N) is 2. The highest BCUT2D eigenvalue weighted by molar-refractivity contribution is 5.92. The maximum absolute atomic E-state index is 12.4. The summed E-state index contributed by atoms with van der Waals surface area (Å²) in [7, 11) is 0. The van der Waals surface area contributed by atoms with Gasteiger partial charge in [-0.15, -0.1) is 0 Å². The van der Waals surface area contributed by atoms with Crippen molar-refractivity contribution in [1.29, 1.82) is 0 Å². The molecule has 1 aromatic carbocycles. The van der Waals surface area contributed by atoms with Gasteiger partial charge in [-0.25, -0.2) is 9.97 Å². The first-order chi connectivity index (χ1) is 13.7. The highest BCUT2D eigenvalue weighted by Crippen LogP contribution is 2.19. The largest absolute Gasteiger partial charge is 0.354 e. The van der Waals surface area contributed by atoms with Crippen molar-refractivity contribution in [3.63, 3.8) is 0 Å². The van der Waals surface area contributed by atoms with Gasteiger partial charge >= 0.3 is 0 Å². The van der Waals surface area contributed by atoms with E-state index >= 15 is 0 Å². The molecule has 0 fully saturated rings. The molecule has 0 aliphatic heterocycles. The van der Waals surface area contributed by atoms with Crippen LogP contribution in [0.1, 0.15) is 60.3 Å². The number of rotatable bonds is 9. The summed E-state index contributed by atoms with van der Waals surface area (Å²) in [4.78, 5) is 21.3. The molecule has 148 valence electrons. The summed E-state index contributed by atoms with van der Waals surface area (Å²) in [5.74, 6) is 0.391. The maximum atomic E-state index is 12.4. The number of carbonyl (C=O) groups excluding carboxylic acids is 1. The fourth-order valence-electron chi connectivity index (χ4n) is 3.46. The summed E-state index contributed by atoms with van der Waals surface area (Å²) in [5, 5.41) is 6.24. The van der Waals surface area contributed by atoms with Crippen LogP contribution in [0.3, 0.4) is 0 Å². The molecule has 0 radical (unpaired) electrons. The normalized spacial score (nSPS) is 13.7. The van der Waals surface area contributed by atoms with Crippen LogP contribution in [0.25, 0.3) is 0 Å². The minimum atomic E-state index is -0.142. The van der Waals surface area contributed by atoms with Gasteiger partial charge in [-0.1, -0.05) is 42.0 Å². The Hall–Kier alpha value is -2.69. The molecular formula is C23H30N4O. The average Bonchev–Trinajstić information content (AvgIpc) is 2.72. The molecule has 0 spiro atoms. The molecule has 1 aliphatic rings. The first-order valence-electron chi connectivity index (χ1n) is 10.3. The third-order valence-corrected chi connectivity index (χ3v) is 4.97. The van der Waals surface area contributed by atoms with Crippen LogP contribution in [0.4, 0.5) is 5.95 Å². The van der Waals surface area contributed by atoms with Crippen LogP contribution in [0, 0.1) is 6.92 Å². The van der Waals surface area contributed by atoms with Crippen LogP contribution in [-0.2, 0) is 6.42 Å². The Labute approximate surface area is 167 Å². The summed E-state index contributed by atoms with van der Waals surface area (Å²) >= 11 is 0. The second-order valence-electron chi connectivity index (χ2n) is 7.35. The van der Waals surface area contributed by atoms with Gasteiger partial charge in [-0.2, -0.15) is 0 Å². The van der Waals surface area contributed by atoms with Crippen molar-refractivity contribution in [2.75, 3.05) is 18.4 Å². The van der Waals surface area contributed by atoms with Crippen molar-refractivity contribution in [2.24, 2.45) is 0 Å². The number of nitrogens with zero attached hydrogens (tertiary/aromatic N) is 2. The van der Waals surface area contributed by atoms with E-state index in [0.29, 0.717) is 18.2 Å². The standard InChI is InChI=1S/C23H30N4O/c1-18-17-21(22(28)24-15-8-13-19-9-4-2-5-10-19)27-23(26-18)25-16-14-20-11-6-3-7-12-20/h2,4-5,9-11,17H,3,6-8,12-16H2,1H3,(H,24,28)(H,25,26,27). The van der Waals surface area contributed by atoms with Crippen LogP contribution in [0.2, 0.25) is 0 Å². The summed E-state index contributed by atoms with van der Waals surface area (Å²) < 4.78 is 0. The summed E-state index contributed by atoms with van der Waals surface area (Å²) in [6.45, 7) is 3.32. The lowest BCUT2D eigenvalue weighted by Gasteiger charge is -2.13. The molecule has 2 N–H and O–H groups in total. The number of aryl methyl sites for hydroxylation is 2. The first kappa shape index (κ1) is 20.1. The zero-order chi connectivity index (χ0) is 19.6. The molecular weight excluding hydrogens is 348 g/mol. The molecule has 3 rings (SSSR count). The molecule has 0 unspecified atom stereocenters. The van der Waals surface area contributed by atoms with E-state index in [0.717, 1.165) is 31.5 Å². The van der Waals surface area contributed by atoms with E-state index < -0.39 is 0 Å². The Kier molecular flexibility index (Phi) is 7.59. The van der Waals surface area contributed by atoms with Gasteiger partial charge < -0.3 is 10.6 Å². The molecule has 0 atom stereocenters. The third kappa shape index (κ3) is 6.48. The Morgan fingerprint density at radius 1 is 1.07 bits per heavy atom. The summed E-state index contributed by atoms with van der Waals surface area (Å²) in [6, 6.07) is 12.0. The lowest BCUT2D eigenvalue weighted by molar-refractivity contribution is 0.0948. The molecule has 0 saturated heterocycles. The molecule has 5 nitrogen and oxygen atoms in total. The van der Waals surface area contributed by atoms with Gasteiger partial charge in [0.2, 0.25) is 5.95 Å². The highest BCUT2D eigenvalue weighted by atomic mass is 16.1. The van der Waals surface area contributed by atoms with Crippen molar-refractivity contribution in [3.8, 4) is 0 Å². The Bertz CT molecular complexity index is 802. The van der Waals surface area contributed by atoms with Crippen molar-refractivity contribution < 1.29 is 4.79 Å². The van der Waals surface area contributed by atoms with Crippen molar-refractivity contribution >= 4 is 11.9 Å². The van der Waals surface area contributed by atoms with E-state index in [4.69, 9.17) is 0 Å². The van der Waals surface area contributed by atoms with E-state index in [9.17, 15) is 4.79 Å². The number of aromatic nitrogens is 2. The maximum Gasteiger partial charge on any atom is 0.270 e. The number of anilines is 1. The lowest BCUT2D eigenvalue weighted by atomic mass is 9.97. The molecule has 1 heterocycles. The zero-order valence-corrected chi connectivity index (χ0v) is 16.7. The molecule has 28 heavy (non-hydrogen) atoms. The fourth-order valence-corrected chi connectivity index (χ4v) is 3.46. The minimum Gasteiger partial charge on any atom is -0.354 e. The number of hydrogen-bond donors (Lipinski definition) is 2. The van der Waals surface area contributed by atoms with E-state index in [1.54, 1.807) is 6.07 Å². The van der Waals surface area contributed by atoms with E-state index in [-0.39, 0.29) is 5.91 Å². The smallest absolute Gasteiger partial charge is 0.270 e. The van der Waals surface area contributed by atoms with Gasteiger partial charge in [-0.05, 0) is 63.5 Å². The van der Waals surface area contributed by atoms with Gasteiger partial charge in [0.1, 0.15) is 5.69 Å². The van der Waals surface area contributed by atoms with Crippen LogP contribution >= 0.6 is 0 Å². The van der Waals surface area contributed by atoms with Gasteiger partial charge in [0.05, 0.1) is 0 Å². The van der Waals surface area contributed by atoms with Crippen molar-refractivity contribution in [3.05, 3.63) is 65.0 Å². The Morgan fingerprint density at radius 3 is 2.71 bits per heavy atom. The lowest BCUT2D eigenvalue weighted by Crippen LogP contribution is -2.26. The average molecular weight is 379 g/mol. The van der Waals surface area contributed by atoms with E-state index in [2.05, 4.69) is 38.8 Å². The quantitative estimate of drug-likeness (QED) is 0.500. The van der Waals surface area contributed by atoms with Crippen molar-refractivity contribution in [2.45, 2.75) is 51.9 Å². The fraction of sp³-hybridized carbons (Fsp3) is 0.435. The predicted octanol–water partition coefficient (Wildman–Crippen LogP) is 4.45. The molecule has 0 bridgehead atoms. The summed E-state index contributed by atoms with van der Waals surface area (Å²) in [6.07, 6.45) is 10.2. The second kappa shape index (κ2) is 10.6. The number of carbonyl (C=O) groups is 1. The molecule has 5 heteroatoms. The van der Waals surface area contributed by atoms with Gasteiger partial charge in [0.25, 0.3) is 5.91 Å². The van der Waals surface area contributed by atoms with Crippen LogP contribution in [-0.4, -0.2) is 29.0 Å². The van der Waals surface area contributed by atoms with Crippen LogP contribution in [0.15, 0.2) is 48.0 Å².